The predicted molar refractivity (Wildman–Crippen MR) is 134 cm³/mol. The molecular formula is C26H32FN5O3. The SMILES string of the molecule is CN(C)CCCOc1ccc(-c2cc3c4c(cnc3cc2F)N(C)C(O)N4[C@H]2CCCOC2)cn1. The third kappa shape index (κ3) is 4.63. The fraction of sp³-hybridized carbons (Fsp3) is 0.462. The minimum Gasteiger partial charge on any atom is -0.478 e. The molecule has 0 spiro atoms. The first-order valence-corrected chi connectivity index (χ1v) is 12.1. The predicted octanol–water partition coefficient (Wildman–Crippen LogP) is 3.48. The van der Waals surface area contributed by atoms with Crippen molar-refractivity contribution < 1.29 is 19.0 Å². The molecule has 1 aromatic carbocycles. The second-order valence-electron chi connectivity index (χ2n) is 9.47. The molecule has 1 N–H and O–H groups in total. The van der Waals surface area contributed by atoms with Crippen LogP contribution in [0.15, 0.2) is 36.7 Å². The molecule has 5 rings (SSSR count). The van der Waals surface area contributed by atoms with Crippen LogP contribution in [-0.2, 0) is 4.74 Å². The van der Waals surface area contributed by atoms with E-state index < -0.39 is 6.35 Å². The van der Waals surface area contributed by atoms with Crippen molar-refractivity contribution in [3.63, 3.8) is 0 Å². The summed E-state index contributed by atoms with van der Waals surface area (Å²) in [5.41, 5.74) is 3.30. The molecule has 1 saturated heterocycles. The number of hydrogen-bond donors (Lipinski definition) is 1. The minimum absolute atomic E-state index is 0.0344. The fourth-order valence-electron chi connectivity index (χ4n) is 4.86. The number of aromatic nitrogens is 2. The van der Waals surface area contributed by atoms with Crippen LogP contribution in [-0.4, -0.2) is 79.9 Å². The van der Waals surface area contributed by atoms with E-state index in [-0.39, 0.29) is 11.9 Å². The third-order valence-electron chi connectivity index (χ3n) is 6.72. The number of benzene rings is 1. The highest BCUT2D eigenvalue weighted by Gasteiger charge is 2.39. The molecule has 2 aliphatic rings. The number of pyridine rings is 2. The number of aliphatic hydroxyl groups excluding tert-OH is 1. The lowest BCUT2D eigenvalue weighted by molar-refractivity contribution is 0.0617. The molecule has 0 radical (unpaired) electrons. The molecule has 9 heteroatoms. The van der Waals surface area contributed by atoms with E-state index in [2.05, 4.69) is 14.9 Å². The second kappa shape index (κ2) is 9.93. The van der Waals surface area contributed by atoms with Crippen molar-refractivity contribution in [3.8, 4) is 17.0 Å². The number of fused-ring (bicyclic) bond motifs is 3. The summed E-state index contributed by atoms with van der Waals surface area (Å²) in [7, 11) is 5.89. The van der Waals surface area contributed by atoms with Gasteiger partial charge in [-0.2, -0.15) is 0 Å². The summed E-state index contributed by atoms with van der Waals surface area (Å²) >= 11 is 0. The Labute approximate surface area is 204 Å². The summed E-state index contributed by atoms with van der Waals surface area (Å²) in [4.78, 5) is 14.8. The zero-order chi connectivity index (χ0) is 24.5. The van der Waals surface area contributed by atoms with Gasteiger partial charge in [0.25, 0.3) is 0 Å². The Kier molecular flexibility index (Phi) is 6.73. The molecule has 0 amide bonds. The molecule has 1 unspecified atom stereocenters. The van der Waals surface area contributed by atoms with Crippen molar-refractivity contribution in [2.75, 3.05) is 57.3 Å². The summed E-state index contributed by atoms with van der Waals surface area (Å²) in [5, 5.41) is 11.8. The largest absolute Gasteiger partial charge is 0.478 e. The van der Waals surface area contributed by atoms with Crippen molar-refractivity contribution in [2.24, 2.45) is 0 Å². The summed E-state index contributed by atoms with van der Waals surface area (Å²) in [6.45, 7) is 2.79. The van der Waals surface area contributed by atoms with E-state index in [9.17, 15) is 5.11 Å². The van der Waals surface area contributed by atoms with Crippen molar-refractivity contribution in [2.45, 2.75) is 31.7 Å². The summed E-state index contributed by atoms with van der Waals surface area (Å²) in [5.74, 6) is 0.148. The quantitative estimate of drug-likeness (QED) is 0.515. The molecule has 0 bridgehead atoms. The number of nitrogens with zero attached hydrogens (tertiary/aromatic N) is 5. The third-order valence-corrected chi connectivity index (χ3v) is 6.72. The maximum atomic E-state index is 15.2. The number of aliphatic hydroxyl groups is 1. The highest BCUT2D eigenvalue weighted by Crippen LogP contribution is 2.45. The Morgan fingerprint density at radius 2 is 2.09 bits per heavy atom. The van der Waals surface area contributed by atoms with Crippen LogP contribution in [0.5, 0.6) is 5.88 Å². The second-order valence-corrected chi connectivity index (χ2v) is 9.47. The smallest absolute Gasteiger partial charge is 0.213 e. The molecule has 2 aliphatic heterocycles. The Bertz CT molecular complexity index is 1180. The van der Waals surface area contributed by atoms with Crippen molar-refractivity contribution in [1.29, 1.82) is 0 Å². The molecule has 2 aromatic heterocycles. The van der Waals surface area contributed by atoms with Crippen molar-refractivity contribution in [3.05, 3.63) is 42.5 Å². The summed E-state index contributed by atoms with van der Waals surface area (Å²) in [6.07, 6.45) is 5.26. The Balaban J connectivity index is 1.48. The van der Waals surface area contributed by atoms with E-state index >= 15 is 4.39 Å². The standard InChI is InChI=1S/C26H32FN5O3/c1-30(2)9-5-11-35-24-8-7-17(14-29-24)19-12-20-22(13-21(19)27)28-15-23-25(20)32(26(33)31(23)3)18-6-4-10-34-16-18/h7-8,12-15,18,26,33H,4-6,9-11,16H2,1-3H3/t18-,26?/m0/s1. The fourth-order valence-corrected chi connectivity index (χ4v) is 4.86. The first-order chi connectivity index (χ1) is 16.9. The molecule has 4 heterocycles. The molecular weight excluding hydrogens is 449 g/mol. The number of anilines is 2. The zero-order valence-corrected chi connectivity index (χ0v) is 20.4. The lowest BCUT2D eigenvalue weighted by atomic mass is 10.0. The van der Waals surface area contributed by atoms with E-state index in [4.69, 9.17) is 9.47 Å². The Morgan fingerprint density at radius 3 is 2.80 bits per heavy atom. The molecule has 35 heavy (non-hydrogen) atoms. The van der Waals surface area contributed by atoms with Crippen LogP contribution < -0.4 is 14.5 Å². The number of ether oxygens (including phenoxy) is 2. The molecule has 0 saturated carbocycles. The number of rotatable bonds is 7. The molecule has 2 atom stereocenters. The monoisotopic (exact) mass is 481 g/mol. The van der Waals surface area contributed by atoms with Crippen molar-refractivity contribution in [1.82, 2.24) is 14.9 Å². The van der Waals surface area contributed by atoms with E-state index in [1.54, 1.807) is 23.4 Å². The van der Waals surface area contributed by atoms with Crippen LogP contribution in [0.2, 0.25) is 0 Å². The lowest BCUT2D eigenvalue weighted by Gasteiger charge is -2.36. The summed E-state index contributed by atoms with van der Waals surface area (Å²) < 4.78 is 26.6. The van der Waals surface area contributed by atoms with Crippen LogP contribution in [0.4, 0.5) is 15.8 Å². The summed E-state index contributed by atoms with van der Waals surface area (Å²) in [6, 6.07) is 6.89. The Hall–Kier alpha value is -3.01. The molecule has 3 aromatic rings. The first-order valence-electron chi connectivity index (χ1n) is 12.1. The van der Waals surface area contributed by atoms with Gasteiger partial charge in [-0.25, -0.2) is 9.37 Å². The molecule has 8 nitrogen and oxygen atoms in total. The average Bonchev–Trinajstić information content (AvgIpc) is 3.12. The topological polar surface area (TPSA) is 74.2 Å². The highest BCUT2D eigenvalue weighted by molar-refractivity contribution is 6.02. The van der Waals surface area contributed by atoms with Crippen LogP contribution in [0, 0.1) is 5.82 Å². The van der Waals surface area contributed by atoms with Gasteiger partial charge in [-0.05, 0) is 45.5 Å². The maximum absolute atomic E-state index is 15.2. The van der Waals surface area contributed by atoms with Gasteiger partial charge in [-0.1, -0.05) is 0 Å². The molecule has 0 aliphatic carbocycles. The van der Waals surface area contributed by atoms with E-state index in [0.29, 0.717) is 35.7 Å². The van der Waals surface area contributed by atoms with Crippen LogP contribution in [0.3, 0.4) is 0 Å². The average molecular weight is 482 g/mol. The van der Waals surface area contributed by atoms with Crippen LogP contribution in [0.25, 0.3) is 22.0 Å². The number of halogens is 1. The van der Waals surface area contributed by atoms with Gasteiger partial charge < -0.3 is 29.3 Å². The first kappa shape index (κ1) is 23.7. The van der Waals surface area contributed by atoms with E-state index in [1.807, 2.05) is 38.2 Å². The van der Waals surface area contributed by atoms with Gasteiger partial charge in [0.2, 0.25) is 12.2 Å². The molecule has 1 fully saturated rings. The van der Waals surface area contributed by atoms with Gasteiger partial charge in [0.15, 0.2) is 0 Å². The van der Waals surface area contributed by atoms with Crippen LogP contribution >= 0.6 is 0 Å². The van der Waals surface area contributed by atoms with Gasteiger partial charge in [-0.15, -0.1) is 0 Å². The van der Waals surface area contributed by atoms with E-state index in [1.165, 1.54) is 6.07 Å². The minimum atomic E-state index is -0.830. The van der Waals surface area contributed by atoms with Gasteiger partial charge in [0, 0.05) is 55.0 Å². The maximum Gasteiger partial charge on any atom is 0.213 e. The van der Waals surface area contributed by atoms with Crippen molar-refractivity contribution >= 4 is 22.3 Å². The van der Waals surface area contributed by atoms with Gasteiger partial charge in [-0.3, -0.25) is 4.98 Å². The lowest BCUT2D eigenvalue weighted by Crippen LogP contribution is -2.50. The van der Waals surface area contributed by atoms with Crippen LogP contribution in [0.1, 0.15) is 19.3 Å². The number of hydrogen-bond acceptors (Lipinski definition) is 8. The van der Waals surface area contributed by atoms with Gasteiger partial charge in [0.1, 0.15) is 5.82 Å². The molecule has 186 valence electrons. The Morgan fingerprint density at radius 1 is 1.23 bits per heavy atom. The van der Waals surface area contributed by atoms with Gasteiger partial charge >= 0.3 is 0 Å². The normalized spacial score (nSPS) is 20.1. The zero-order valence-electron chi connectivity index (χ0n) is 20.4. The van der Waals surface area contributed by atoms with Gasteiger partial charge in [0.05, 0.1) is 42.3 Å². The van der Waals surface area contributed by atoms with E-state index in [0.717, 1.165) is 49.2 Å². The highest BCUT2D eigenvalue weighted by atomic mass is 19.1.